The first kappa shape index (κ1) is 26.8. The van der Waals surface area contributed by atoms with E-state index in [1.54, 1.807) is 0 Å². The summed E-state index contributed by atoms with van der Waals surface area (Å²) in [7, 11) is -14.6. The number of aromatic nitrogens is 2. The van der Waals surface area contributed by atoms with E-state index in [4.69, 9.17) is 4.55 Å². The van der Waals surface area contributed by atoms with Crippen molar-refractivity contribution < 1.29 is 48.8 Å². The fourth-order valence-electron chi connectivity index (χ4n) is 2.94. The van der Waals surface area contributed by atoms with Crippen LogP contribution >= 0.6 is 0 Å². The lowest BCUT2D eigenvalue weighted by Crippen LogP contribution is -2.14. The standard InChI is InChI=1S/C17H14N4O12S3/c1-8-6-11(13(36(31,32)33)7-12(8)35(28,29)30)18-19-14-15(17(23)24)20-21(16(14)22)9-2-4-10(5-3-9)34(25,26)27/h2-7,20H,1H3,(H,23,24)(H,25,26,27)(H,28,29,30)(H,31,32,33). The monoisotopic (exact) mass is 562 g/mol. The number of nitrogens with one attached hydrogen (secondary N) is 1. The van der Waals surface area contributed by atoms with Crippen LogP contribution < -0.4 is 5.56 Å². The zero-order valence-corrected chi connectivity index (χ0v) is 20.0. The van der Waals surface area contributed by atoms with Gasteiger partial charge in [-0.2, -0.15) is 25.3 Å². The van der Waals surface area contributed by atoms with Crippen LogP contribution in [0.2, 0.25) is 0 Å². The number of hydrogen-bond acceptors (Lipinski definition) is 10. The van der Waals surface area contributed by atoms with Gasteiger partial charge in [-0.1, -0.05) is 0 Å². The van der Waals surface area contributed by atoms with Crippen LogP contribution in [0.5, 0.6) is 0 Å². The molecule has 0 aliphatic rings. The van der Waals surface area contributed by atoms with Gasteiger partial charge < -0.3 is 5.11 Å². The van der Waals surface area contributed by atoms with E-state index in [2.05, 4.69) is 15.3 Å². The molecular formula is C17H14N4O12S3. The number of aromatic amines is 1. The van der Waals surface area contributed by atoms with Crippen LogP contribution in [0.25, 0.3) is 5.69 Å². The van der Waals surface area contributed by atoms with Crippen LogP contribution in [0, 0.1) is 6.92 Å². The van der Waals surface area contributed by atoms with E-state index in [0.29, 0.717) is 10.7 Å². The van der Waals surface area contributed by atoms with Gasteiger partial charge in [-0.25, -0.2) is 9.48 Å². The Morgan fingerprint density at radius 2 is 1.42 bits per heavy atom. The fraction of sp³-hybridized carbons (Fsp3) is 0.0588. The van der Waals surface area contributed by atoms with E-state index in [1.807, 2.05) is 0 Å². The number of carboxylic acids is 1. The number of carboxylic acid groups (broad SMARTS) is 1. The lowest BCUT2D eigenvalue weighted by Gasteiger charge is -2.07. The van der Waals surface area contributed by atoms with Gasteiger partial charge in [0.05, 0.1) is 15.5 Å². The summed E-state index contributed by atoms with van der Waals surface area (Å²) in [6.45, 7) is 1.15. The molecule has 0 spiro atoms. The lowest BCUT2D eigenvalue weighted by molar-refractivity contribution is 0.0690. The van der Waals surface area contributed by atoms with Crippen molar-refractivity contribution >= 4 is 47.7 Å². The molecule has 3 aromatic rings. The molecule has 0 radical (unpaired) electrons. The number of aromatic carboxylic acids is 1. The second-order valence-corrected chi connectivity index (χ2v) is 11.2. The zero-order valence-electron chi connectivity index (χ0n) is 17.6. The Morgan fingerprint density at radius 1 is 0.861 bits per heavy atom. The quantitative estimate of drug-likeness (QED) is 0.202. The van der Waals surface area contributed by atoms with Crippen LogP contribution in [0.15, 0.2) is 66.1 Å². The van der Waals surface area contributed by atoms with E-state index >= 15 is 0 Å². The summed E-state index contributed by atoms with van der Waals surface area (Å²) in [6.07, 6.45) is 0. The molecule has 16 nitrogen and oxygen atoms in total. The molecular weight excluding hydrogens is 548 g/mol. The molecule has 1 heterocycles. The average Bonchev–Trinajstić information content (AvgIpc) is 3.06. The molecule has 19 heteroatoms. The number of azo groups is 1. The fourth-order valence-corrected chi connectivity index (χ4v) is 4.86. The Bertz CT molecular complexity index is 1800. The van der Waals surface area contributed by atoms with E-state index in [-0.39, 0.29) is 11.3 Å². The van der Waals surface area contributed by atoms with Crippen molar-refractivity contribution in [1.82, 2.24) is 9.78 Å². The van der Waals surface area contributed by atoms with E-state index < -0.39 is 73.6 Å². The summed E-state index contributed by atoms with van der Waals surface area (Å²) in [4.78, 5) is 21.9. The summed E-state index contributed by atoms with van der Waals surface area (Å²) in [5, 5.41) is 18.6. The molecule has 0 unspecified atom stereocenters. The van der Waals surface area contributed by atoms with Crippen molar-refractivity contribution in [2.75, 3.05) is 0 Å². The highest BCUT2D eigenvalue weighted by atomic mass is 32.2. The van der Waals surface area contributed by atoms with E-state index in [1.165, 1.54) is 0 Å². The van der Waals surface area contributed by atoms with Crippen molar-refractivity contribution in [2.45, 2.75) is 21.6 Å². The van der Waals surface area contributed by atoms with Crippen molar-refractivity contribution in [1.29, 1.82) is 0 Å². The highest BCUT2D eigenvalue weighted by Crippen LogP contribution is 2.31. The minimum atomic E-state index is -5.13. The highest BCUT2D eigenvalue weighted by molar-refractivity contribution is 7.87. The molecule has 0 saturated heterocycles. The second kappa shape index (κ2) is 9.04. The zero-order chi connectivity index (χ0) is 27.2. The van der Waals surface area contributed by atoms with Crippen LogP contribution in [0.1, 0.15) is 16.1 Å². The first-order valence-corrected chi connectivity index (χ1v) is 13.4. The molecule has 0 aliphatic heterocycles. The third kappa shape index (κ3) is 5.40. The second-order valence-electron chi connectivity index (χ2n) is 6.99. The molecule has 192 valence electrons. The number of hydrogen-bond donors (Lipinski definition) is 5. The van der Waals surface area contributed by atoms with Gasteiger partial charge in [0, 0.05) is 0 Å². The number of aryl methyl sites for hydroxylation is 1. The summed E-state index contributed by atoms with van der Waals surface area (Å²) in [5.41, 5.74) is -3.79. The van der Waals surface area contributed by atoms with Crippen LogP contribution in [-0.4, -0.2) is 59.8 Å². The summed E-state index contributed by atoms with van der Waals surface area (Å²) < 4.78 is 97.1. The maximum Gasteiger partial charge on any atom is 0.356 e. The smallest absolute Gasteiger partial charge is 0.356 e. The van der Waals surface area contributed by atoms with Crippen molar-refractivity contribution in [3.8, 4) is 5.69 Å². The van der Waals surface area contributed by atoms with E-state index in [0.717, 1.165) is 37.3 Å². The van der Waals surface area contributed by atoms with Gasteiger partial charge >= 0.3 is 5.97 Å². The summed E-state index contributed by atoms with van der Waals surface area (Å²) in [6, 6.07) is 5.17. The molecule has 0 aliphatic carbocycles. The Labute approximate surface area is 201 Å². The van der Waals surface area contributed by atoms with Gasteiger partial charge in [0.25, 0.3) is 35.9 Å². The predicted molar refractivity (Wildman–Crippen MR) is 118 cm³/mol. The maximum atomic E-state index is 12.8. The first-order valence-electron chi connectivity index (χ1n) is 9.09. The van der Waals surface area contributed by atoms with E-state index in [9.17, 15) is 49.1 Å². The first-order chi connectivity index (χ1) is 16.4. The van der Waals surface area contributed by atoms with Gasteiger partial charge in [-0.05, 0) is 48.9 Å². The molecule has 36 heavy (non-hydrogen) atoms. The van der Waals surface area contributed by atoms with Crippen molar-refractivity contribution in [3.63, 3.8) is 0 Å². The largest absolute Gasteiger partial charge is 0.476 e. The van der Waals surface area contributed by atoms with Crippen LogP contribution in [-0.2, 0) is 30.4 Å². The topological polar surface area (TPSA) is 263 Å². The summed E-state index contributed by atoms with van der Waals surface area (Å²) >= 11 is 0. The molecule has 0 fully saturated rings. The molecule has 5 N–H and O–H groups in total. The number of nitrogens with zero attached hydrogens (tertiary/aromatic N) is 3. The van der Waals surface area contributed by atoms with Crippen LogP contribution in [0.3, 0.4) is 0 Å². The number of carbonyl (C=O) groups is 1. The Balaban J connectivity index is 2.19. The minimum absolute atomic E-state index is 0.0803. The molecule has 0 bridgehead atoms. The number of H-pyrrole nitrogens is 1. The van der Waals surface area contributed by atoms with Crippen molar-refractivity contribution in [3.05, 3.63) is 58.0 Å². The van der Waals surface area contributed by atoms with Gasteiger partial charge in [-0.3, -0.25) is 23.6 Å². The average molecular weight is 563 g/mol. The third-order valence-electron chi connectivity index (χ3n) is 4.54. The maximum absolute atomic E-state index is 12.8. The molecule has 2 aromatic carbocycles. The number of benzene rings is 2. The number of rotatable bonds is 7. The minimum Gasteiger partial charge on any atom is -0.476 e. The van der Waals surface area contributed by atoms with Crippen LogP contribution in [0.4, 0.5) is 11.4 Å². The Hall–Kier alpha value is -3.75. The SMILES string of the molecule is Cc1cc(N=Nc2c(C(=O)O)[nH]n(-c3ccc(S(=O)(=O)O)cc3)c2=O)c(S(=O)(=O)O)cc1S(=O)(=O)O. The van der Waals surface area contributed by atoms with Gasteiger partial charge in [-0.15, -0.1) is 10.2 Å². The van der Waals surface area contributed by atoms with Crippen molar-refractivity contribution in [2.24, 2.45) is 10.2 Å². The third-order valence-corrected chi connectivity index (χ3v) is 7.29. The lowest BCUT2D eigenvalue weighted by atomic mass is 10.2. The normalized spacial score (nSPS) is 12.8. The Kier molecular flexibility index (Phi) is 6.74. The molecule has 0 saturated carbocycles. The molecule has 0 amide bonds. The summed E-state index contributed by atoms with van der Waals surface area (Å²) in [5.74, 6) is -1.69. The van der Waals surface area contributed by atoms with Gasteiger partial charge in [0.2, 0.25) is 0 Å². The van der Waals surface area contributed by atoms with Gasteiger partial charge in [0.15, 0.2) is 11.4 Å². The molecule has 1 aromatic heterocycles. The Morgan fingerprint density at radius 3 is 1.89 bits per heavy atom. The molecule has 3 rings (SSSR count). The van der Waals surface area contributed by atoms with Gasteiger partial charge in [0.1, 0.15) is 10.6 Å². The predicted octanol–water partition coefficient (Wildman–Crippen LogP) is 1.33. The molecule has 0 atom stereocenters. The highest BCUT2D eigenvalue weighted by Gasteiger charge is 2.25.